The number of hydrogen-bond donors (Lipinski definition) is 2. The second-order valence-electron chi connectivity index (χ2n) is 7.61. The van der Waals surface area contributed by atoms with Gasteiger partial charge >= 0.3 is 6.61 Å². The van der Waals surface area contributed by atoms with Gasteiger partial charge in [-0.05, 0) is 37.1 Å². The summed E-state index contributed by atoms with van der Waals surface area (Å²) in [6, 6.07) is 17.1. The number of alkyl halides is 2. The number of halogens is 2. The van der Waals surface area contributed by atoms with Gasteiger partial charge in [0.05, 0.1) is 17.7 Å². The number of nitrogens with one attached hydrogen (secondary N) is 2. The van der Waals surface area contributed by atoms with Crippen LogP contribution < -0.4 is 20.3 Å². The molecule has 0 saturated carbocycles. The molecule has 0 radical (unpaired) electrons. The number of benzene rings is 2. The summed E-state index contributed by atoms with van der Waals surface area (Å²) in [5.74, 6) is 0.927. The summed E-state index contributed by atoms with van der Waals surface area (Å²) in [4.78, 5) is 11.3. The number of fused-ring (bicyclic) bond motifs is 1. The van der Waals surface area contributed by atoms with Gasteiger partial charge in [-0.25, -0.2) is 4.99 Å². The van der Waals surface area contributed by atoms with Crippen molar-refractivity contribution in [3.8, 4) is 5.75 Å². The molecule has 2 aromatic carbocycles. The topological polar surface area (TPSA) is 61.8 Å². The number of rotatable bonds is 7. The highest BCUT2D eigenvalue weighted by atomic mass is 19.3. The van der Waals surface area contributed by atoms with Crippen LogP contribution in [0.3, 0.4) is 0 Å². The van der Waals surface area contributed by atoms with E-state index in [1.807, 2.05) is 49.4 Å². The largest absolute Gasteiger partial charge is 0.433 e. The monoisotopic (exact) mass is 439 g/mol. The number of para-hydroxylation sites is 3. The minimum atomic E-state index is -2.84. The van der Waals surface area contributed by atoms with Gasteiger partial charge in [0.1, 0.15) is 5.75 Å². The Labute approximate surface area is 186 Å². The highest BCUT2D eigenvalue weighted by Gasteiger charge is 2.26. The van der Waals surface area contributed by atoms with Crippen molar-refractivity contribution in [2.75, 3.05) is 24.5 Å². The van der Waals surface area contributed by atoms with Gasteiger partial charge in [0.25, 0.3) is 0 Å². The molecule has 1 saturated heterocycles. The van der Waals surface area contributed by atoms with E-state index in [0.717, 1.165) is 41.9 Å². The molecule has 1 aliphatic rings. The molecule has 1 aromatic heterocycles. The van der Waals surface area contributed by atoms with Gasteiger partial charge in [-0.15, -0.1) is 0 Å². The van der Waals surface area contributed by atoms with Crippen LogP contribution >= 0.6 is 0 Å². The standard InChI is InChI=1S/C24H27F2N5O/c1-2-27-24(29-15-18-8-5-7-17-9-6-13-28-22(17)18)30-19-12-14-31(16-19)20-10-3-4-11-21(20)32-23(25)26/h3-11,13,19,23H,2,12,14-16H2,1H3,(H2,27,29,30). The fourth-order valence-corrected chi connectivity index (χ4v) is 3.98. The van der Waals surface area contributed by atoms with Crippen molar-refractivity contribution in [3.63, 3.8) is 0 Å². The van der Waals surface area contributed by atoms with E-state index in [1.54, 1.807) is 18.3 Å². The smallest absolute Gasteiger partial charge is 0.387 e. The Morgan fingerprint density at radius 2 is 2.03 bits per heavy atom. The molecular formula is C24H27F2N5O. The molecule has 1 unspecified atom stereocenters. The Morgan fingerprint density at radius 3 is 2.88 bits per heavy atom. The molecule has 2 N–H and O–H groups in total. The molecule has 1 atom stereocenters. The third-order valence-corrected chi connectivity index (χ3v) is 5.42. The van der Waals surface area contributed by atoms with E-state index in [0.29, 0.717) is 18.8 Å². The lowest BCUT2D eigenvalue weighted by molar-refractivity contribution is -0.0495. The minimum Gasteiger partial charge on any atom is -0.433 e. The van der Waals surface area contributed by atoms with Gasteiger partial charge in [0.2, 0.25) is 0 Å². The molecule has 0 spiro atoms. The highest BCUT2D eigenvalue weighted by Crippen LogP contribution is 2.31. The molecular weight excluding hydrogens is 412 g/mol. The average Bonchev–Trinajstić information content (AvgIpc) is 3.26. The van der Waals surface area contributed by atoms with Crippen LogP contribution in [0.5, 0.6) is 5.75 Å². The van der Waals surface area contributed by atoms with Crippen LogP contribution in [-0.4, -0.2) is 43.2 Å². The molecule has 0 bridgehead atoms. The third kappa shape index (κ3) is 5.25. The fraction of sp³-hybridized carbons (Fsp3) is 0.333. The Morgan fingerprint density at radius 1 is 1.19 bits per heavy atom. The van der Waals surface area contributed by atoms with Gasteiger partial charge in [-0.1, -0.05) is 36.4 Å². The first-order chi connectivity index (χ1) is 15.6. The zero-order valence-corrected chi connectivity index (χ0v) is 18.0. The maximum absolute atomic E-state index is 12.8. The molecule has 8 heteroatoms. The summed E-state index contributed by atoms with van der Waals surface area (Å²) in [6.45, 7) is 1.84. The lowest BCUT2D eigenvalue weighted by Crippen LogP contribution is -2.44. The summed E-state index contributed by atoms with van der Waals surface area (Å²) in [5.41, 5.74) is 2.70. The second kappa shape index (κ2) is 10.3. The van der Waals surface area contributed by atoms with Gasteiger partial charge in [-0.3, -0.25) is 4.98 Å². The summed E-state index contributed by atoms with van der Waals surface area (Å²) in [6.07, 6.45) is 2.66. The molecule has 1 aliphatic heterocycles. The van der Waals surface area contributed by atoms with Crippen molar-refractivity contribution in [1.82, 2.24) is 15.6 Å². The van der Waals surface area contributed by atoms with Crippen molar-refractivity contribution >= 4 is 22.5 Å². The number of guanidine groups is 1. The molecule has 1 fully saturated rings. The third-order valence-electron chi connectivity index (χ3n) is 5.42. The maximum atomic E-state index is 12.8. The van der Waals surface area contributed by atoms with Gasteiger partial charge in [-0.2, -0.15) is 8.78 Å². The Balaban J connectivity index is 1.44. The highest BCUT2D eigenvalue weighted by molar-refractivity contribution is 5.83. The molecule has 6 nitrogen and oxygen atoms in total. The fourth-order valence-electron chi connectivity index (χ4n) is 3.98. The predicted octanol–water partition coefficient (Wildman–Crippen LogP) is 4.17. The number of pyridine rings is 1. The SMILES string of the molecule is CCNC(=NCc1cccc2cccnc12)NC1CCN(c2ccccc2OC(F)F)C1. The predicted molar refractivity (Wildman–Crippen MR) is 123 cm³/mol. The maximum Gasteiger partial charge on any atom is 0.387 e. The minimum absolute atomic E-state index is 0.137. The lowest BCUT2D eigenvalue weighted by Gasteiger charge is -2.22. The first kappa shape index (κ1) is 21.8. The van der Waals surface area contributed by atoms with Crippen LogP contribution in [0.2, 0.25) is 0 Å². The Hall–Kier alpha value is -3.42. The van der Waals surface area contributed by atoms with E-state index in [9.17, 15) is 8.78 Å². The Bertz CT molecular complexity index is 1070. The number of aliphatic imine (C=N–C) groups is 1. The number of aromatic nitrogens is 1. The lowest BCUT2D eigenvalue weighted by atomic mass is 10.1. The van der Waals surface area contributed by atoms with Crippen LogP contribution in [0.25, 0.3) is 10.9 Å². The Kier molecular flexibility index (Phi) is 6.99. The molecule has 0 aliphatic carbocycles. The van der Waals surface area contributed by atoms with Crippen molar-refractivity contribution in [2.24, 2.45) is 4.99 Å². The molecule has 0 amide bonds. The summed E-state index contributed by atoms with van der Waals surface area (Å²) < 4.78 is 30.2. The zero-order valence-electron chi connectivity index (χ0n) is 18.0. The van der Waals surface area contributed by atoms with Gasteiger partial charge in [0.15, 0.2) is 5.96 Å². The van der Waals surface area contributed by atoms with Crippen molar-refractivity contribution in [1.29, 1.82) is 0 Å². The van der Waals surface area contributed by atoms with Crippen LogP contribution in [-0.2, 0) is 6.54 Å². The van der Waals surface area contributed by atoms with E-state index in [2.05, 4.69) is 20.5 Å². The zero-order chi connectivity index (χ0) is 22.3. The summed E-state index contributed by atoms with van der Waals surface area (Å²) in [5, 5.41) is 7.87. The van der Waals surface area contributed by atoms with E-state index in [-0.39, 0.29) is 11.8 Å². The summed E-state index contributed by atoms with van der Waals surface area (Å²) in [7, 11) is 0. The second-order valence-corrected chi connectivity index (χ2v) is 7.61. The molecule has 168 valence electrons. The van der Waals surface area contributed by atoms with Crippen LogP contribution in [0, 0.1) is 0 Å². The first-order valence-corrected chi connectivity index (χ1v) is 10.8. The quantitative estimate of drug-likeness (QED) is 0.427. The van der Waals surface area contributed by atoms with E-state index in [4.69, 9.17) is 9.73 Å². The van der Waals surface area contributed by atoms with E-state index >= 15 is 0 Å². The summed E-state index contributed by atoms with van der Waals surface area (Å²) >= 11 is 0. The van der Waals surface area contributed by atoms with Crippen LogP contribution in [0.1, 0.15) is 18.9 Å². The van der Waals surface area contributed by atoms with E-state index < -0.39 is 6.61 Å². The number of ether oxygens (including phenoxy) is 1. The molecule has 2 heterocycles. The molecule has 3 aromatic rings. The van der Waals surface area contributed by atoms with Gasteiger partial charge < -0.3 is 20.3 Å². The average molecular weight is 440 g/mol. The molecule has 32 heavy (non-hydrogen) atoms. The van der Waals surface area contributed by atoms with Crippen LogP contribution in [0.15, 0.2) is 65.8 Å². The van der Waals surface area contributed by atoms with Crippen molar-refractivity contribution in [2.45, 2.75) is 32.5 Å². The first-order valence-electron chi connectivity index (χ1n) is 10.8. The van der Waals surface area contributed by atoms with Crippen molar-refractivity contribution in [3.05, 3.63) is 66.4 Å². The number of hydrogen-bond acceptors (Lipinski definition) is 4. The normalized spacial score (nSPS) is 16.6. The number of nitrogens with zero attached hydrogens (tertiary/aromatic N) is 3. The molecule has 4 rings (SSSR count). The van der Waals surface area contributed by atoms with E-state index in [1.165, 1.54) is 0 Å². The van der Waals surface area contributed by atoms with Crippen molar-refractivity contribution < 1.29 is 13.5 Å². The number of anilines is 1. The van der Waals surface area contributed by atoms with Crippen LogP contribution in [0.4, 0.5) is 14.5 Å². The van der Waals surface area contributed by atoms with Gasteiger partial charge in [0, 0.05) is 37.3 Å².